The minimum atomic E-state index is -0.244. The molecule has 0 heterocycles. The molecule has 2 aromatic carbocycles. The summed E-state index contributed by atoms with van der Waals surface area (Å²) in [5.41, 5.74) is 8.53. The van der Waals surface area contributed by atoms with Gasteiger partial charge >= 0.3 is 0 Å². The van der Waals surface area contributed by atoms with Gasteiger partial charge in [-0.25, -0.2) is 0 Å². The van der Waals surface area contributed by atoms with E-state index in [-0.39, 0.29) is 23.3 Å². The third kappa shape index (κ3) is 2.49. The molecule has 0 spiro atoms. The van der Waals surface area contributed by atoms with E-state index in [4.69, 9.17) is 10.5 Å². The molecule has 0 aliphatic heterocycles. The molecule has 1 aliphatic carbocycles. The van der Waals surface area contributed by atoms with Crippen LogP contribution < -0.4 is 10.5 Å². The van der Waals surface area contributed by atoms with E-state index < -0.39 is 0 Å². The first kappa shape index (κ1) is 14.0. The molecule has 3 rings (SSSR count). The molecule has 0 saturated carbocycles. The van der Waals surface area contributed by atoms with Gasteiger partial charge in [-0.15, -0.1) is 0 Å². The number of phenols is 1. The maximum Gasteiger partial charge on any atom is 0.119 e. The Balaban J connectivity index is 1.94. The van der Waals surface area contributed by atoms with Gasteiger partial charge in [-0.05, 0) is 35.4 Å². The van der Waals surface area contributed by atoms with Crippen LogP contribution in [0.25, 0.3) is 0 Å². The Hall–Kier alpha value is -2.00. The predicted octanol–water partition coefficient (Wildman–Crippen LogP) is 3.00. The monoisotopic (exact) mass is 283 g/mol. The summed E-state index contributed by atoms with van der Waals surface area (Å²) in [6.07, 6.45) is 0.689. The van der Waals surface area contributed by atoms with Crippen LogP contribution in [0.1, 0.15) is 25.0 Å². The van der Waals surface area contributed by atoms with Gasteiger partial charge in [0.15, 0.2) is 0 Å². The molecule has 110 valence electrons. The SMILES string of the molecule is CC1(C)c2cc(O)ccc2CC(Oc2ccccc2)C1N. The van der Waals surface area contributed by atoms with E-state index in [1.807, 2.05) is 42.5 Å². The number of hydrogen-bond donors (Lipinski definition) is 2. The first-order chi connectivity index (χ1) is 9.98. The van der Waals surface area contributed by atoms with Crippen LogP contribution in [0.4, 0.5) is 0 Å². The number of rotatable bonds is 2. The molecule has 3 N–H and O–H groups in total. The number of hydrogen-bond acceptors (Lipinski definition) is 3. The summed E-state index contributed by atoms with van der Waals surface area (Å²) in [6, 6.07) is 15.2. The number of aromatic hydroxyl groups is 1. The summed E-state index contributed by atoms with van der Waals surface area (Å²) in [6.45, 7) is 4.22. The molecular formula is C18H21NO2. The Morgan fingerprint density at radius 3 is 2.57 bits per heavy atom. The number of nitrogens with two attached hydrogens (primary N) is 1. The van der Waals surface area contributed by atoms with Crippen LogP contribution in [0.15, 0.2) is 48.5 Å². The molecule has 0 aromatic heterocycles. The van der Waals surface area contributed by atoms with Crippen molar-refractivity contribution in [3.05, 3.63) is 59.7 Å². The molecule has 0 saturated heterocycles. The van der Waals surface area contributed by atoms with Gasteiger partial charge < -0.3 is 15.6 Å². The van der Waals surface area contributed by atoms with E-state index >= 15 is 0 Å². The fraction of sp³-hybridized carbons (Fsp3) is 0.333. The van der Waals surface area contributed by atoms with Gasteiger partial charge in [0.25, 0.3) is 0 Å². The molecule has 0 bridgehead atoms. The largest absolute Gasteiger partial charge is 0.508 e. The second-order valence-electron chi connectivity index (χ2n) is 6.26. The Labute approximate surface area is 125 Å². The lowest BCUT2D eigenvalue weighted by Crippen LogP contribution is -2.55. The van der Waals surface area contributed by atoms with Crippen molar-refractivity contribution in [1.82, 2.24) is 0 Å². The quantitative estimate of drug-likeness (QED) is 0.891. The third-order valence-electron chi connectivity index (χ3n) is 4.47. The van der Waals surface area contributed by atoms with E-state index in [2.05, 4.69) is 13.8 Å². The van der Waals surface area contributed by atoms with Crippen molar-refractivity contribution in [2.45, 2.75) is 37.8 Å². The van der Waals surface area contributed by atoms with Gasteiger partial charge in [0.2, 0.25) is 0 Å². The summed E-state index contributed by atoms with van der Waals surface area (Å²) in [5, 5.41) is 9.74. The molecule has 2 unspecified atom stereocenters. The summed E-state index contributed by atoms with van der Waals surface area (Å²) >= 11 is 0. The van der Waals surface area contributed by atoms with Crippen molar-refractivity contribution in [2.75, 3.05) is 0 Å². The zero-order valence-corrected chi connectivity index (χ0v) is 12.4. The average molecular weight is 283 g/mol. The third-order valence-corrected chi connectivity index (χ3v) is 4.47. The van der Waals surface area contributed by atoms with E-state index in [9.17, 15) is 5.11 Å². The number of para-hydroxylation sites is 1. The maximum atomic E-state index is 9.74. The highest BCUT2D eigenvalue weighted by atomic mass is 16.5. The van der Waals surface area contributed by atoms with Crippen LogP contribution in [0.5, 0.6) is 11.5 Å². The lowest BCUT2D eigenvalue weighted by Gasteiger charge is -2.43. The molecule has 1 aliphatic rings. The maximum absolute atomic E-state index is 9.74. The van der Waals surface area contributed by atoms with Gasteiger partial charge in [-0.1, -0.05) is 38.1 Å². The molecule has 0 fully saturated rings. The van der Waals surface area contributed by atoms with Crippen molar-refractivity contribution < 1.29 is 9.84 Å². The minimum absolute atomic E-state index is 0.0700. The number of ether oxygens (including phenoxy) is 1. The van der Waals surface area contributed by atoms with Crippen LogP contribution >= 0.6 is 0 Å². The number of phenolic OH excluding ortho intramolecular Hbond substituents is 1. The second-order valence-corrected chi connectivity index (χ2v) is 6.26. The molecular weight excluding hydrogens is 262 g/mol. The zero-order chi connectivity index (χ0) is 15.0. The Morgan fingerprint density at radius 2 is 1.86 bits per heavy atom. The van der Waals surface area contributed by atoms with E-state index in [0.29, 0.717) is 0 Å². The number of benzene rings is 2. The lowest BCUT2D eigenvalue weighted by atomic mass is 9.68. The van der Waals surface area contributed by atoms with Crippen LogP contribution in [0, 0.1) is 0 Å². The first-order valence-corrected chi connectivity index (χ1v) is 7.28. The van der Waals surface area contributed by atoms with Crippen LogP contribution in [-0.2, 0) is 11.8 Å². The van der Waals surface area contributed by atoms with Crippen molar-refractivity contribution in [1.29, 1.82) is 0 Å². The first-order valence-electron chi connectivity index (χ1n) is 7.28. The second kappa shape index (κ2) is 5.08. The van der Waals surface area contributed by atoms with Gasteiger partial charge in [0, 0.05) is 11.8 Å². The van der Waals surface area contributed by atoms with Crippen molar-refractivity contribution in [2.24, 2.45) is 5.73 Å². The van der Waals surface area contributed by atoms with E-state index in [1.54, 1.807) is 6.07 Å². The minimum Gasteiger partial charge on any atom is -0.508 e. The van der Waals surface area contributed by atoms with Crippen LogP contribution in [-0.4, -0.2) is 17.3 Å². The molecule has 0 radical (unpaired) electrons. The van der Waals surface area contributed by atoms with Gasteiger partial charge in [0.05, 0.1) is 6.04 Å². The van der Waals surface area contributed by atoms with Gasteiger partial charge in [-0.2, -0.15) is 0 Å². The lowest BCUT2D eigenvalue weighted by molar-refractivity contribution is 0.123. The van der Waals surface area contributed by atoms with Crippen molar-refractivity contribution in [3.8, 4) is 11.5 Å². The molecule has 21 heavy (non-hydrogen) atoms. The predicted molar refractivity (Wildman–Crippen MR) is 83.7 cm³/mol. The molecule has 3 nitrogen and oxygen atoms in total. The van der Waals surface area contributed by atoms with Gasteiger partial charge in [-0.3, -0.25) is 0 Å². The van der Waals surface area contributed by atoms with Crippen LogP contribution in [0.2, 0.25) is 0 Å². The summed E-state index contributed by atoms with van der Waals surface area (Å²) in [5.74, 6) is 1.13. The molecule has 0 amide bonds. The molecule has 2 atom stereocenters. The standard InChI is InChI=1S/C18H21NO2/c1-18(2)15-11-13(20)9-8-12(15)10-16(17(18)19)21-14-6-4-3-5-7-14/h3-9,11,16-17,20H,10,19H2,1-2H3. The highest BCUT2D eigenvalue weighted by molar-refractivity contribution is 5.43. The zero-order valence-electron chi connectivity index (χ0n) is 12.4. The summed E-state index contributed by atoms with van der Waals surface area (Å²) < 4.78 is 6.10. The smallest absolute Gasteiger partial charge is 0.119 e. The fourth-order valence-electron chi connectivity index (χ4n) is 3.12. The highest BCUT2D eigenvalue weighted by Gasteiger charge is 2.41. The van der Waals surface area contributed by atoms with Crippen molar-refractivity contribution in [3.63, 3.8) is 0 Å². The van der Waals surface area contributed by atoms with E-state index in [1.165, 1.54) is 5.56 Å². The van der Waals surface area contributed by atoms with Crippen molar-refractivity contribution >= 4 is 0 Å². The Kier molecular flexibility index (Phi) is 3.38. The Bertz CT molecular complexity index is 637. The Morgan fingerprint density at radius 1 is 1.14 bits per heavy atom. The summed E-state index contributed by atoms with van der Waals surface area (Å²) in [7, 11) is 0. The number of fused-ring (bicyclic) bond motifs is 1. The summed E-state index contributed by atoms with van der Waals surface area (Å²) in [4.78, 5) is 0. The highest BCUT2D eigenvalue weighted by Crippen LogP contribution is 2.39. The van der Waals surface area contributed by atoms with E-state index in [0.717, 1.165) is 17.7 Å². The topological polar surface area (TPSA) is 55.5 Å². The average Bonchev–Trinajstić information content (AvgIpc) is 2.47. The van der Waals surface area contributed by atoms with Crippen LogP contribution in [0.3, 0.4) is 0 Å². The molecule has 3 heteroatoms. The fourth-order valence-corrected chi connectivity index (χ4v) is 3.12. The normalized spacial score (nSPS) is 23.4. The molecule has 2 aromatic rings. The van der Waals surface area contributed by atoms with Gasteiger partial charge in [0.1, 0.15) is 17.6 Å².